The zero-order valence-electron chi connectivity index (χ0n) is 10.9. The van der Waals surface area contributed by atoms with Gasteiger partial charge in [0.2, 0.25) is 6.03 Å². The average Bonchev–Trinajstić information content (AvgIpc) is 2.16. The van der Waals surface area contributed by atoms with Crippen LogP contribution < -0.4 is 0 Å². The third-order valence-corrected chi connectivity index (χ3v) is 4.36. The number of hydrogen-bond donors (Lipinski definition) is 0. The Morgan fingerprint density at radius 2 is 1.56 bits per heavy atom. The first kappa shape index (κ1) is 16.1. The van der Waals surface area contributed by atoms with E-state index in [0.717, 1.165) is 0 Å². The van der Waals surface area contributed by atoms with E-state index in [1.807, 2.05) is 39.8 Å². The van der Waals surface area contributed by atoms with Crippen LogP contribution in [0.5, 0.6) is 0 Å². The van der Waals surface area contributed by atoms with Gasteiger partial charge in [0.1, 0.15) is 0 Å². The van der Waals surface area contributed by atoms with Crippen molar-refractivity contribution in [2.24, 2.45) is 0 Å². The highest BCUT2D eigenvalue weighted by Crippen LogP contribution is 2.52. The first-order chi connectivity index (χ1) is 7.50. The van der Waals surface area contributed by atoms with E-state index in [1.54, 1.807) is 0 Å². The maximum absolute atomic E-state index is 12.6. The lowest BCUT2D eigenvalue weighted by atomic mass is 10.9. The van der Waals surface area contributed by atoms with Crippen LogP contribution in [0.4, 0.5) is 0 Å². The van der Waals surface area contributed by atoms with Crippen molar-refractivity contribution in [2.45, 2.75) is 26.8 Å². The highest BCUT2D eigenvalue weighted by molar-refractivity contribution is 7.59. The lowest BCUT2D eigenvalue weighted by molar-refractivity contribution is -0.0895. The van der Waals surface area contributed by atoms with Crippen LogP contribution in [0.1, 0.15) is 20.8 Å². The van der Waals surface area contributed by atoms with Crippen molar-refractivity contribution in [1.82, 2.24) is 4.90 Å². The molecule has 0 N–H and O–H groups in total. The van der Waals surface area contributed by atoms with Crippen LogP contribution in [-0.2, 0) is 18.6 Å². The van der Waals surface area contributed by atoms with Gasteiger partial charge in [0.25, 0.3) is 7.37 Å². The van der Waals surface area contributed by atoms with E-state index in [-0.39, 0.29) is 0 Å². The van der Waals surface area contributed by atoms with Crippen LogP contribution in [0, 0.1) is 0 Å². The lowest BCUT2D eigenvalue weighted by Crippen LogP contribution is -2.26. The minimum Gasteiger partial charge on any atom is -0.345 e. The summed E-state index contributed by atoms with van der Waals surface area (Å²) in [6, 6.07) is -0.759. The summed E-state index contributed by atoms with van der Waals surface area (Å²) in [5.74, 6) is 0. The van der Waals surface area contributed by atoms with Gasteiger partial charge < -0.3 is 18.9 Å². The Morgan fingerprint density at radius 1 is 1.06 bits per heavy atom. The second-order valence-corrected chi connectivity index (χ2v) is 6.00. The molecule has 1 atom stereocenters. The SMILES string of the molecule is CCOC(OCC)P(=O)(CN(C)C)OCC. The molecule has 0 radical (unpaired) electrons. The summed E-state index contributed by atoms with van der Waals surface area (Å²) in [4.78, 5) is 1.82. The molecule has 0 spiro atoms. The zero-order chi connectivity index (χ0) is 12.6. The van der Waals surface area contributed by atoms with E-state index in [9.17, 15) is 4.57 Å². The van der Waals surface area contributed by atoms with Crippen molar-refractivity contribution in [3.05, 3.63) is 0 Å². The summed E-state index contributed by atoms with van der Waals surface area (Å²) < 4.78 is 28.7. The Balaban J connectivity index is 4.72. The zero-order valence-corrected chi connectivity index (χ0v) is 11.8. The van der Waals surface area contributed by atoms with Crippen molar-refractivity contribution in [1.29, 1.82) is 0 Å². The predicted molar refractivity (Wildman–Crippen MR) is 64.8 cm³/mol. The van der Waals surface area contributed by atoms with E-state index >= 15 is 0 Å². The van der Waals surface area contributed by atoms with E-state index < -0.39 is 13.4 Å². The van der Waals surface area contributed by atoms with Crippen molar-refractivity contribution < 1.29 is 18.6 Å². The van der Waals surface area contributed by atoms with E-state index in [1.165, 1.54) is 0 Å². The van der Waals surface area contributed by atoms with Crippen LogP contribution in [0.25, 0.3) is 0 Å². The van der Waals surface area contributed by atoms with Gasteiger partial charge in [-0.1, -0.05) is 0 Å². The monoisotopic (exact) mass is 253 g/mol. The number of rotatable bonds is 9. The first-order valence-electron chi connectivity index (χ1n) is 5.61. The van der Waals surface area contributed by atoms with Gasteiger partial charge in [-0.2, -0.15) is 0 Å². The van der Waals surface area contributed by atoms with Crippen LogP contribution in [-0.4, -0.2) is 51.1 Å². The van der Waals surface area contributed by atoms with E-state index in [2.05, 4.69) is 0 Å². The third-order valence-electron chi connectivity index (χ3n) is 1.77. The molecule has 16 heavy (non-hydrogen) atoms. The summed E-state index contributed by atoms with van der Waals surface area (Å²) >= 11 is 0. The molecule has 0 saturated heterocycles. The molecule has 0 aromatic heterocycles. The average molecular weight is 253 g/mol. The van der Waals surface area contributed by atoms with Gasteiger partial charge in [-0.3, -0.25) is 4.57 Å². The Labute approximate surface area is 98.5 Å². The topological polar surface area (TPSA) is 48.0 Å². The molecule has 0 amide bonds. The number of nitrogens with zero attached hydrogens (tertiary/aromatic N) is 1. The third kappa shape index (κ3) is 5.41. The van der Waals surface area contributed by atoms with Gasteiger partial charge >= 0.3 is 0 Å². The lowest BCUT2D eigenvalue weighted by Gasteiger charge is -2.28. The summed E-state index contributed by atoms with van der Waals surface area (Å²) in [5.41, 5.74) is 0. The van der Waals surface area contributed by atoms with Crippen LogP contribution >= 0.6 is 7.37 Å². The van der Waals surface area contributed by atoms with E-state index in [4.69, 9.17) is 14.0 Å². The number of ether oxygens (including phenoxy) is 2. The summed E-state index contributed by atoms with van der Waals surface area (Å²) in [5, 5.41) is 0. The van der Waals surface area contributed by atoms with Crippen LogP contribution in [0.2, 0.25) is 0 Å². The molecular weight excluding hydrogens is 229 g/mol. The summed E-state index contributed by atoms with van der Waals surface area (Å²) in [6.45, 7) is 6.80. The molecule has 1 unspecified atom stereocenters. The Kier molecular flexibility index (Phi) is 8.24. The standard InChI is InChI=1S/C10H24NO4P/c1-6-13-10(14-7-2)16(12,15-8-3)9-11(4)5/h10H,6-9H2,1-5H3. The fourth-order valence-corrected chi connectivity index (χ4v) is 3.66. The molecule has 5 nitrogen and oxygen atoms in total. The normalized spacial score (nSPS) is 15.7. The highest BCUT2D eigenvalue weighted by Gasteiger charge is 2.36. The minimum atomic E-state index is -2.94. The Morgan fingerprint density at radius 3 is 1.88 bits per heavy atom. The molecule has 98 valence electrons. The smallest absolute Gasteiger partial charge is 0.271 e. The fourth-order valence-electron chi connectivity index (χ4n) is 1.34. The predicted octanol–water partition coefficient (Wildman–Crippen LogP) is 2.18. The molecule has 0 aromatic rings. The fraction of sp³-hybridized carbons (Fsp3) is 1.00. The molecule has 0 aromatic carbocycles. The van der Waals surface area contributed by atoms with Gasteiger partial charge in [0.05, 0.1) is 12.9 Å². The Bertz CT molecular complexity index is 217. The second-order valence-electron chi connectivity index (χ2n) is 3.58. The molecule has 0 fully saturated rings. The van der Waals surface area contributed by atoms with Crippen LogP contribution in [0.3, 0.4) is 0 Å². The van der Waals surface area contributed by atoms with Crippen molar-refractivity contribution in [3.63, 3.8) is 0 Å². The molecule has 0 bridgehead atoms. The van der Waals surface area contributed by atoms with Crippen molar-refractivity contribution in [3.8, 4) is 0 Å². The molecule has 0 aliphatic heterocycles. The molecule has 0 aliphatic carbocycles. The molecular formula is C10H24NO4P. The Hall–Kier alpha value is 0.0700. The maximum atomic E-state index is 12.6. The largest absolute Gasteiger partial charge is 0.345 e. The molecule has 6 heteroatoms. The van der Waals surface area contributed by atoms with Crippen molar-refractivity contribution >= 4 is 7.37 Å². The molecule has 0 saturated carbocycles. The summed E-state index contributed by atoms with van der Waals surface area (Å²) in [7, 11) is 0.758. The van der Waals surface area contributed by atoms with Crippen LogP contribution in [0.15, 0.2) is 0 Å². The molecule has 0 aliphatic rings. The van der Waals surface area contributed by atoms with Gasteiger partial charge in [0.15, 0.2) is 0 Å². The van der Waals surface area contributed by atoms with Gasteiger partial charge in [-0.15, -0.1) is 0 Å². The molecule has 0 rings (SSSR count). The van der Waals surface area contributed by atoms with Crippen molar-refractivity contribution in [2.75, 3.05) is 40.2 Å². The van der Waals surface area contributed by atoms with E-state index in [0.29, 0.717) is 26.1 Å². The molecule has 0 heterocycles. The quantitative estimate of drug-likeness (QED) is 0.465. The maximum Gasteiger partial charge on any atom is 0.271 e. The summed E-state index contributed by atoms with van der Waals surface area (Å²) in [6.07, 6.45) is 0.325. The first-order valence-corrected chi connectivity index (χ1v) is 7.49. The van der Waals surface area contributed by atoms with Gasteiger partial charge in [-0.25, -0.2) is 0 Å². The van der Waals surface area contributed by atoms with Gasteiger partial charge in [-0.05, 0) is 34.9 Å². The highest BCUT2D eigenvalue weighted by atomic mass is 31.2. The minimum absolute atomic E-state index is 0.325. The second kappa shape index (κ2) is 8.20. The van der Waals surface area contributed by atoms with Gasteiger partial charge in [0, 0.05) is 13.2 Å². The number of hydrogen-bond acceptors (Lipinski definition) is 5.